The van der Waals surface area contributed by atoms with Gasteiger partial charge in [-0.2, -0.15) is 10.5 Å². The normalized spacial score (nSPS) is 13.9. The standard InChI is InChI=1S/C40H38N6O4S2/c1-5-43-23-25(3)45-29-11-7-9-13-31(29)51-33-17-15-27(21-41)39(37(33)45)49-35(47)19-20-36(48)50-40-28(22-42)16-18-34-38(40)46(26(4)24-44-6-2)30-12-8-10-14-32(30)52-34/h7-20,25-26,43-44H,5-6,23-24H2,1-4H3/b20-19+. The van der Waals surface area contributed by atoms with Gasteiger partial charge in [0, 0.05) is 56.9 Å². The number of nitrogens with zero attached hydrogens (tertiary/aromatic N) is 4. The lowest BCUT2D eigenvalue weighted by molar-refractivity contribution is -0.131. The van der Waals surface area contributed by atoms with Crippen LogP contribution in [0.15, 0.2) is 105 Å². The molecule has 2 heterocycles. The Morgan fingerprint density at radius 1 is 0.673 bits per heavy atom. The van der Waals surface area contributed by atoms with Crippen LogP contribution in [-0.4, -0.2) is 50.2 Å². The number of carbonyl (C=O) groups is 2. The van der Waals surface area contributed by atoms with Crippen molar-refractivity contribution in [2.75, 3.05) is 36.0 Å². The van der Waals surface area contributed by atoms with E-state index < -0.39 is 11.9 Å². The number of hydrogen-bond acceptors (Lipinski definition) is 12. The van der Waals surface area contributed by atoms with E-state index in [1.807, 2.05) is 74.5 Å². The quantitative estimate of drug-likeness (QED) is 0.0842. The van der Waals surface area contributed by atoms with E-state index in [-0.39, 0.29) is 34.7 Å². The van der Waals surface area contributed by atoms with Crippen LogP contribution >= 0.6 is 23.5 Å². The molecule has 4 aromatic rings. The first-order chi connectivity index (χ1) is 25.3. The molecule has 2 aliphatic rings. The first-order valence-electron chi connectivity index (χ1n) is 17.1. The molecule has 0 bridgehead atoms. The fourth-order valence-corrected chi connectivity index (χ4v) is 8.44. The third-order valence-corrected chi connectivity index (χ3v) is 10.9. The summed E-state index contributed by atoms with van der Waals surface area (Å²) in [4.78, 5) is 34.8. The third-order valence-electron chi connectivity index (χ3n) is 8.62. The highest BCUT2D eigenvalue weighted by Gasteiger charge is 2.34. The van der Waals surface area contributed by atoms with Gasteiger partial charge in [-0.15, -0.1) is 0 Å². The highest BCUT2D eigenvalue weighted by Crippen LogP contribution is 2.55. The maximum atomic E-state index is 13.4. The van der Waals surface area contributed by atoms with Gasteiger partial charge in [-0.1, -0.05) is 61.6 Å². The lowest BCUT2D eigenvalue weighted by Crippen LogP contribution is -2.39. The van der Waals surface area contributed by atoms with Crippen LogP contribution in [0.25, 0.3) is 0 Å². The second-order valence-electron chi connectivity index (χ2n) is 12.2. The first-order valence-corrected chi connectivity index (χ1v) is 18.7. The molecule has 0 fully saturated rings. The van der Waals surface area contributed by atoms with E-state index in [1.54, 1.807) is 12.1 Å². The number of benzene rings is 4. The molecule has 0 radical (unpaired) electrons. The van der Waals surface area contributed by atoms with Gasteiger partial charge in [0.15, 0.2) is 11.5 Å². The lowest BCUT2D eigenvalue weighted by Gasteiger charge is -2.38. The number of anilines is 4. The summed E-state index contributed by atoms with van der Waals surface area (Å²) in [6.45, 7) is 11.1. The number of fused-ring (bicyclic) bond motifs is 4. The van der Waals surface area contributed by atoms with Gasteiger partial charge >= 0.3 is 11.9 Å². The summed E-state index contributed by atoms with van der Waals surface area (Å²) in [5.74, 6) is -1.49. The monoisotopic (exact) mass is 730 g/mol. The number of nitrogens with one attached hydrogen (secondary N) is 2. The number of rotatable bonds is 12. The Morgan fingerprint density at radius 2 is 1.08 bits per heavy atom. The Hall–Kier alpha value is -5.24. The Kier molecular flexibility index (Phi) is 11.5. The maximum absolute atomic E-state index is 13.4. The molecule has 2 aliphatic heterocycles. The van der Waals surface area contributed by atoms with Crippen LogP contribution in [0.2, 0.25) is 0 Å². The molecule has 2 atom stereocenters. The van der Waals surface area contributed by atoms with E-state index in [0.717, 1.165) is 56.2 Å². The van der Waals surface area contributed by atoms with Crippen LogP contribution in [0.1, 0.15) is 38.8 Å². The van der Waals surface area contributed by atoms with Crippen molar-refractivity contribution in [2.45, 2.75) is 59.4 Å². The first kappa shape index (κ1) is 36.5. The second kappa shape index (κ2) is 16.4. The van der Waals surface area contributed by atoms with Crippen LogP contribution in [-0.2, 0) is 9.59 Å². The number of carbonyl (C=O) groups excluding carboxylic acids is 2. The van der Waals surface area contributed by atoms with Crippen LogP contribution in [0, 0.1) is 22.7 Å². The van der Waals surface area contributed by atoms with Gasteiger partial charge in [0.05, 0.1) is 22.5 Å². The zero-order valence-corrected chi connectivity index (χ0v) is 30.9. The average Bonchev–Trinajstić information content (AvgIpc) is 3.16. The average molecular weight is 731 g/mol. The van der Waals surface area contributed by atoms with Gasteiger partial charge in [0.1, 0.15) is 23.5 Å². The number of likely N-dealkylation sites (N-methyl/N-ethyl adjacent to an activating group) is 2. The van der Waals surface area contributed by atoms with E-state index in [1.165, 1.54) is 23.5 Å². The zero-order valence-electron chi connectivity index (χ0n) is 29.3. The van der Waals surface area contributed by atoms with Crippen molar-refractivity contribution in [1.29, 1.82) is 10.5 Å². The number of ether oxygens (including phenoxy) is 2. The molecular formula is C40H38N6O4S2. The number of esters is 2. The van der Waals surface area contributed by atoms with Gasteiger partial charge < -0.3 is 29.9 Å². The number of para-hydroxylation sites is 2. The molecule has 12 heteroatoms. The predicted octanol–water partition coefficient (Wildman–Crippen LogP) is 7.70. The molecule has 10 nitrogen and oxygen atoms in total. The predicted molar refractivity (Wildman–Crippen MR) is 204 cm³/mol. The summed E-state index contributed by atoms with van der Waals surface area (Å²) in [6.07, 6.45) is 1.96. The van der Waals surface area contributed by atoms with Crippen molar-refractivity contribution in [3.63, 3.8) is 0 Å². The van der Waals surface area contributed by atoms with Gasteiger partial charge in [-0.3, -0.25) is 0 Å². The van der Waals surface area contributed by atoms with Crippen molar-refractivity contribution in [3.8, 4) is 23.6 Å². The Morgan fingerprint density at radius 3 is 1.46 bits per heavy atom. The van der Waals surface area contributed by atoms with E-state index in [2.05, 4.69) is 46.4 Å². The zero-order chi connectivity index (χ0) is 36.8. The Bertz CT molecular complexity index is 1980. The summed E-state index contributed by atoms with van der Waals surface area (Å²) in [6, 6.07) is 27.1. The smallest absolute Gasteiger partial charge is 0.336 e. The van der Waals surface area contributed by atoms with Crippen LogP contribution < -0.4 is 29.9 Å². The Labute approximate surface area is 312 Å². The fraction of sp³-hybridized carbons (Fsp3) is 0.250. The summed E-state index contributed by atoms with van der Waals surface area (Å²) >= 11 is 3.07. The minimum Gasteiger partial charge on any atom is -0.420 e. The van der Waals surface area contributed by atoms with Crippen LogP contribution in [0.4, 0.5) is 22.7 Å². The summed E-state index contributed by atoms with van der Waals surface area (Å²) < 4.78 is 11.8. The molecule has 52 heavy (non-hydrogen) atoms. The third kappa shape index (κ3) is 7.38. The Balaban J connectivity index is 1.30. The van der Waals surface area contributed by atoms with Crippen molar-refractivity contribution < 1.29 is 19.1 Å². The van der Waals surface area contributed by atoms with Gasteiger partial charge in [0.25, 0.3) is 0 Å². The molecule has 2 N–H and O–H groups in total. The molecule has 0 saturated carbocycles. The van der Waals surface area contributed by atoms with Crippen LogP contribution in [0.3, 0.4) is 0 Å². The molecule has 264 valence electrons. The van der Waals surface area contributed by atoms with Crippen molar-refractivity contribution in [3.05, 3.63) is 96.1 Å². The molecule has 6 rings (SSSR count). The van der Waals surface area contributed by atoms with Crippen LogP contribution in [0.5, 0.6) is 11.5 Å². The van der Waals surface area contributed by atoms with Gasteiger partial charge in [-0.05, 0) is 75.5 Å². The lowest BCUT2D eigenvalue weighted by atomic mass is 10.1. The highest BCUT2D eigenvalue weighted by molar-refractivity contribution is 8.00. The minimum atomic E-state index is -0.856. The molecule has 0 amide bonds. The van der Waals surface area contributed by atoms with Crippen molar-refractivity contribution in [2.24, 2.45) is 0 Å². The SMILES string of the molecule is CCNCC(C)N1c2ccccc2Sc2ccc(C#N)c(OC(=O)/C=C/C(=O)Oc3c(C#N)ccc4c3N(C(C)CNCC)c3ccccc3S4)c21. The molecule has 0 spiro atoms. The van der Waals surface area contributed by atoms with E-state index in [9.17, 15) is 20.1 Å². The molecule has 4 aromatic carbocycles. The second-order valence-corrected chi connectivity index (χ2v) is 14.3. The van der Waals surface area contributed by atoms with Crippen molar-refractivity contribution >= 4 is 58.2 Å². The molecule has 0 saturated heterocycles. The number of nitriles is 2. The van der Waals surface area contributed by atoms with Crippen molar-refractivity contribution in [1.82, 2.24) is 10.6 Å². The number of hydrogen-bond donors (Lipinski definition) is 2. The minimum absolute atomic E-state index is 0.0611. The molecule has 0 aliphatic carbocycles. The maximum Gasteiger partial charge on any atom is 0.336 e. The molecule has 2 unspecified atom stereocenters. The van der Waals surface area contributed by atoms with Gasteiger partial charge in [-0.25, -0.2) is 9.59 Å². The highest BCUT2D eigenvalue weighted by atomic mass is 32.2. The summed E-state index contributed by atoms with van der Waals surface area (Å²) in [5.41, 5.74) is 3.45. The largest absolute Gasteiger partial charge is 0.420 e. The van der Waals surface area contributed by atoms with E-state index in [4.69, 9.17) is 9.47 Å². The molecular weight excluding hydrogens is 693 g/mol. The van der Waals surface area contributed by atoms with E-state index >= 15 is 0 Å². The molecule has 0 aromatic heterocycles. The summed E-state index contributed by atoms with van der Waals surface area (Å²) in [5, 5.41) is 26.9. The fourth-order valence-electron chi connectivity index (χ4n) is 6.28. The van der Waals surface area contributed by atoms with E-state index in [0.29, 0.717) is 24.5 Å². The van der Waals surface area contributed by atoms with Gasteiger partial charge in [0.2, 0.25) is 0 Å². The summed E-state index contributed by atoms with van der Waals surface area (Å²) in [7, 11) is 0. The topological polar surface area (TPSA) is 131 Å².